The number of aromatic nitrogens is 3. The monoisotopic (exact) mass is 339 g/mol. The Morgan fingerprint density at radius 1 is 0.808 bits per heavy atom. The first kappa shape index (κ1) is 16.1. The number of nitrogens with zero attached hydrogens (tertiary/aromatic N) is 3. The van der Waals surface area contributed by atoms with Crippen LogP contribution in [0.5, 0.6) is 0 Å². The quantitative estimate of drug-likeness (QED) is 0.582. The highest BCUT2D eigenvalue weighted by molar-refractivity contribution is 5.73. The van der Waals surface area contributed by atoms with E-state index in [4.69, 9.17) is 0 Å². The molecule has 0 aliphatic heterocycles. The Hall–Kier alpha value is -3.42. The topological polar surface area (TPSA) is 50.9 Å². The molecule has 0 unspecified atom stereocenters. The van der Waals surface area contributed by atoms with Crippen LogP contribution in [0, 0.1) is 11.8 Å². The second-order valence-electron chi connectivity index (χ2n) is 5.98. The van der Waals surface area contributed by atoms with E-state index in [1.54, 1.807) is 4.68 Å². The molecule has 0 spiro atoms. The van der Waals surface area contributed by atoms with Gasteiger partial charge in [0.2, 0.25) is 0 Å². The van der Waals surface area contributed by atoms with Crippen molar-refractivity contribution in [3.05, 3.63) is 96.1 Å². The van der Waals surface area contributed by atoms with Crippen LogP contribution in [0.4, 0.5) is 0 Å². The molecule has 0 saturated carbocycles. The summed E-state index contributed by atoms with van der Waals surface area (Å²) in [6.07, 6.45) is 0. The fourth-order valence-electron chi connectivity index (χ4n) is 2.95. The molecule has 1 aromatic heterocycles. The third-order valence-corrected chi connectivity index (χ3v) is 4.30. The summed E-state index contributed by atoms with van der Waals surface area (Å²) in [6, 6.07) is 26.7. The van der Waals surface area contributed by atoms with Crippen LogP contribution in [0.3, 0.4) is 0 Å². The molecule has 1 heterocycles. The lowest BCUT2D eigenvalue weighted by atomic mass is 9.87. The second kappa shape index (κ2) is 6.83. The van der Waals surface area contributed by atoms with Crippen LogP contribution in [0.25, 0.3) is 11.0 Å². The predicted octanol–water partition coefficient (Wildman–Crippen LogP) is 3.37. The van der Waals surface area contributed by atoms with E-state index in [9.17, 15) is 5.11 Å². The van der Waals surface area contributed by atoms with Crippen LogP contribution >= 0.6 is 0 Å². The summed E-state index contributed by atoms with van der Waals surface area (Å²) in [5, 5.41) is 19.7. The fourth-order valence-corrected chi connectivity index (χ4v) is 2.95. The summed E-state index contributed by atoms with van der Waals surface area (Å²) in [4.78, 5) is 0. The normalized spacial score (nSPS) is 11.1. The van der Waals surface area contributed by atoms with E-state index < -0.39 is 5.60 Å². The Labute approximate surface area is 151 Å². The Morgan fingerprint density at radius 3 is 2.04 bits per heavy atom. The van der Waals surface area contributed by atoms with Crippen molar-refractivity contribution in [2.45, 2.75) is 12.1 Å². The minimum atomic E-state index is -1.38. The predicted molar refractivity (Wildman–Crippen MR) is 101 cm³/mol. The maximum atomic E-state index is 11.4. The fraction of sp³-hybridized carbons (Fsp3) is 0.0909. The van der Waals surface area contributed by atoms with Crippen LogP contribution < -0.4 is 0 Å². The zero-order chi connectivity index (χ0) is 17.8. The Morgan fingerprint density at radius 2 is 1.38 bits per heavy atom. The van der Waals surface area contributed by atoms with Crippen molar-refractivity contribution in [3.63, 3.8) is 0 Å². The lowest BCUT2D eigenvalue weighted by Gasteiger charge is -2.23. The van der Waals surface area contributed by atoms with E-state index in [1.165, 1.54) is 0 Å². The van der Waals surface area contributed by atoms with Gasteiger partial charge in [0.1, 0.15) is 12.1 Å². The molecular formula is C22H17N3O. The van der Waals surface area contributed by atoms with E-state index in [1.807, 2.05) is 84.9 Å². The summed E-state index contributed by atoms with van der Waals surface area (Å²) in [7, 11) is 0. The number of para-hydroxylation sites is 1. The Kier molecular flexibility index (Phi) is 4.22. The zero-order valence-corrected chi connectivity index (χ0v) is 14.1. The molecule has 0 fully saturated rings. The van der Waals surface area contributed by atoms with E-state index in [0.29, 0.717) is 6.54 Å². The van der Waals surface area contributed by atoms with Crippen LogP contribution in [-0.2, 0) is 12.1 Å². The second-order valence-corrected chi connectivity index (χ2v) is 5.98. The van der Waals surface area contributed by atoms with Crippen LogP contribution in [0.2, 0.25) is 0 Å². The average molecular weight is 339 g/mol. The number of rotatable bonds is 3. The molecule has 0 saturated heterocycles. The minimum absolute atomic E-state index is 0.350. The van der Waals surface area contributed by atoms with Gasteiger partial charge in [-0.15, -0.1) is 5.10 Å². The summed E-state index contributed by atoms with van der Waals surface area (Å²) >= 11 is 0. The number of aliphatic hydroxyl groups is 1. The van der Waals surface area contributed by atoms with Gasteiger partial charge in [-0.05, 0) is 12.1 Å². The van der Waals surface area contributed by atoms with Gasteiger partial charge in [-0.2, -0.15) is 0 Å². The largest absolute Gasteiger partial charge is 0.369 e. The molecule has 4 nitrogen and oxygen atoms in total. The first-order chi connectivity index (χ1) is 12.8. The molecule has 0 bridgehead atoms. The Balaban J connectivity index is 1.72. The first-order valence-corrected chi connectivity index (χ1v) is 8.39. The van der Waals surface area contributed by atoms with Crippen molar-refractivity contribution in [1.29, 1.82) is 0 Å². The first-order valence-electron chi connectivity index (χ1n) is 8.39. The third-order valence-electron chi connectivity index (χ3n) is 4.30. The van der Waals surface area contributed by atoms with Crippen LogP contribution in [-0.4, -0.2) is 20.1 Å². The molecule has 0 radical (unpaired) electrons. The molecule has 4 rings (SSSR count). The van der Waals surface area contributed by atoms with E-state index in [-0.39, 0.29) is 0 Å². The summed E-state index contributed by atoms with van der Waals surface area (Å²) < 4.78 is 1.73. The average Bonchev–Trinajstić information content (AvgIpc) is 3.12. The number of fused-ring (bicyclic) bond motifs is 1. The highest BCUT2D eigenvalue weighted by atomic mass is 16.3. The molecule has 4 heteroatoms. The van der Waals surface area contributed by atoms with Gasteiger partial charge in [0.05, 0.1) is 5.52 Å². The van der Waals surface area contributed by atoms with Crippen LogP contribution in [0.15, 0.2) is 84.9 Å². The zero-order valence-electron chi connectivity index (χ0n) is 14.1. The van der Waals surface area contributed by atoms with Gasteiger partial charge >= 0.3 is 0 Å². The van der Waals surface area contributed by atoms with E-state index in [0.717, 1.165) is 22.2 Å². The standard InChI is InChI=1S/C22H17N3O/c26-22(18-10-3-1-4-11-18,19-12-5-2-6-13-19)16-9-17-25-21-15-8-7-14-20(21)23-24-25/h1-8,10-15,26H,17H2. The molecule has 0 atom stereocenters. The smallest absolute Gasteiger partial charge is 0.176 e. The molecule has 0 aliphatic rings. The van der Waals surface area contributed by atoms with Crippen molar-refractivity contribution in [2.75, 3.05) is 0 Å². The highest BCUT2D eigenvalue weighted by Crippen LogP contribution is 2.28. The van der Waals surface area contributed by atoms with E-state index in [2.05, 4.69) is 22.2 Å². The van der Waals surface area contributed by atoms with Crippen molar-refractivity contribution >= 4 is 11.0 Å². The number of hydrogen-bond acceptors (Lipinski definition) is 3. The number of hydrogen-bond donors (Lipinski definition) is 1. The maximum Gasteiger partial charge on any atom is 0.176 e. The molecule has 1 N–H and O–H groups in total. The highest BCUT2D eigenvalue weighted by Gasteiger charge is 2.28. The molecule has 26 heavy (non-hydrogen) atoms. The van der Waals surface area contributed by atoms with Crippen molar-refractivity contribution in [3.8, 4) is 11.8 Å². The van der Waals surface area contributed by atoms with Gasteiger partial charge < -0.3 is 5.11 Å². The summed E-state index contributed by atoms with van der Waals surface area (Å²) in [5.74, 6) is 6.13. The van der Waals surface area contributed by atoms with Crippen LogP contribution in [0.1, 0.15) is 11.1 Å². The van der Waals surface area contributed by atoms with Gasteiger partial charge in [0.25, 0.3) is 0 Å². The summed E-state index contributed by atoms with van der Waals surface area (Å²) in [5.41, 5.74) is 1.85. The van der Waals surface area contributed by atoms with Crippen molar-refractivity contribution in [1.82, 2.24) is 15.0 Å². The van der Waals surface area contributed by atoms with Gasteiger partial charge in [-0.3, -0.25) is 0 Å². The lowest BCUT2D eigenvalue weighted by molar-refractivity contribution is 0.145. The van der Waals surface area contributed by atoms with Gasteiger partial charge in [-0.1, -0.05) is 89.9 Å². The maximum absolute atomic E-state index is 11.4. The molecule has 0 aliphatic carbocycles. The third kappa shape index (κ3) is 2.97. The molecule has 126 valence electrons. The minimum Gasteiger partial charge on any atom is -0.369 e. The number of benzene rings is 3. The SMILES string of the molecule is OC(C#CCn1nnc2ccccc21)(c1ccccc1)c1ccccc1. The van der Waals surface area contributed by atoms with Crippen molar-refractivity contribution in [2.24, 2.45) is 0 Å². The van der Waals surface area contributed by atoms with Crippen molar-refractivity contribution < 1.29 is 5.11 Å². The van der Waals surface area contributed by atoms with Gasteiger partial charge in [-0.25, -0.2) is 4.68 Å². The lowest BCUT2D eigenvalue weighted by Crippen LogP contribution is -2.25. The Bertz CT molecular complexity index is 1040. The molecule has 4 aromatic rings. The van der Waals surface area contributed by atoms with Gasteiger partial charge in [0, 0.05) is 11.1 Å². The summed E-state index contributed by atoms with van der Waals surface area (Å²) in [6.45, 7) is 0.350. The van der Waals surface area contributed by atoms with E-state index >= 15 is 0 Å². The molecule has 0 amide bonds. The molecule has 3 aromatic carbocycles. The molecular weight excluding hydrogens is 322 g/mol. The van der Waals surface area contributed by atoms with Gasteiger partial charge in [0.15, 0.2) is 5.60 Å².